The van der Waals surface area contributed by atoms with E-state index in [0.29, 0.717) is 24.5 Å². The zero-order chi connectivity index (χ0) is 34.8. The monoisotopic (exact) mass is 668 g/mol. The highest BCUT2D eigenvalue weighted by Gasteiger charge is 2.42. The van der Waals surface area contributed by atoms with Gasteiger partial charge in [0.2, 0.25) is 0 Å². The summed E-state index contributed by atoms with van der Waals surface area (Å²) in [6.07, 6.45) is 2.33. The lowest BCUT2D eigenvalue weighted by Crippen LogP contribution is -2.39. The number of aromatic nitrogens is 8. The Labute approximate surface area is 295 Å². The Hall–Kier alpha value is -6.48. The van der Waals surface area contributed by atoms with Gasteiger partial charge < -0.3 is 0 Å². The van der Waals surface area contributed by atoms with Crippen molar-refractivity contribution in [3.05, 3.63) is 179 Å². The van der Waals surface area contributed by atoms with Gasteiger partial charge >= 0.3 is 0 Å². The molecule has 0 amide bonds. The SMILES string of the molecule is CCc1nc2c(CC)c(C=O)n(Cc3ccc(-c4ccccc4-c4nnnn4C(c4ccccc4)(c4ccccc4)c4ccccc4)cc3)n2n1. The van der Waals surface area contributed by atoms with E-state index in [-0.39, 0.29) is 0 Å². The second-order valence-corrected chi connectivity index (χ2v) is 12.5. The third-order valence-electron chi connectivity index (χ3n) is 9.63. The highest BCUT2D eigenvalue weighted by molar-refractivity contribution is 5.81. The third kappa shape index (κ3) is 5.34. The van der Waals surface area contributed by atoms with Gasteiger partial charge in [-0.05, 0) is 50.2 Å². The average Bonchev–Trinajstić information content (AvgIpc) is 3.92. The lowest BCUT2D eigenvalue weighted by Gasteiger charge is -2.36. The number of carbonyl (C=O) groups is 1. The minimum absolute atomic E-state index is 0.477. The number of hydrogen-bond donors (Lipinski definition) is 0. The van der Waals surface area contributed by atoms with E-state index in [0.717, 1.165) is 68.7 Å². The Bertz CT molecular complexity index is 2330. The van der Waals surface area contributed by atoms with E-state index in [1.165, 1.54) is 0 Å². The van der Waals surface area contributed by atoms with Gasteiger partial charge in [0.15, 0.2) is 23.6 Å². The molecule has 0 aliphatic carbocycles. The molecule has 3 aromatic heterocycles. The molecule has 51 heavy (non-hydrogen) atoms. The maximum absolute atomic E-state index is 12.3. The first-order valence-electron chi connectivity index (χ1n) is 17.2. The fourth-order valence-electron chi connectivity index (χ4n) is 7.23. The summed E-state index contributed by atoms with van der Waals surface area (Å²) in [7, 11) is 0. The van der Waals surface area contributed by atoms with Crippen LogP contribution in [0, 0.1) is 0 Å². The summed E-state index contributed by atoms with van der Waals surface area (Å²) >= 11 is 0. The molecule has 0 saturated carbocycles. The molecule has 0 fully saturated rings. The van der Waals surface area contributed by atoms with Crippen LogP contribution in [-0.2, 0) is 24.9 Å². The largest absolute Gasteiger partial charge is 0.296 e. The fourth-order valence-corrected chi connectivity index (χ4v) is 7.23. The molecule has 0 atom stereocenters. The second-order valence-electron chi connectivity index (χ2n) is 12.5. The van der Waals surface area contributed by atoms with E-state index in [9.17, 15) is 4.79 Å². The summed E-state index contributed by atoms with van der Waals surface area (Å²) in [5.41, 5.74) is 8.47. The minimum Gasteiger partial charge on any atom is -0.296 e. The zero-order valence-electron chi connectivity index (χ0n) is 28.5. The van der Waals surface area contributed by atoms with Gasteiger partial charge in [-0.3, -0.25) is 9.48 Å². The Morgan fingerprint density at radius 2 is 1.24 bits per heavy atom. The van der Waals surface area contributed by atoms with Crippen molar-refractivity contribution in [3.63, 3.8) is 0 Å². The average molecular weight is 669 g/mol. The van der Waals surface area contributed by atoms with Gasteiger partial charge in [-0.1, -0.05) is 153 Å². The standard InChI is InChI=1S/C42H36N8O/c1-3-35-38(29-51)48(50-40(35)43-39(4-2)45-50)28-30-24-26-31(27-25-30)36-22-14-15-23-37(36)41-44-46-47-49(41)42(32-16-8-5-9-17-32,33-18-10-6-11-19-33)34-20-12-7-13-21-34/h5-27,29H,3-4,28H2,1-2H3. The van der Waals surface area contributed by atoms with Crippen LogP contribution in [0.15, 0.2) is 140 Å². The van der Waals surface area contributed by atoms with Gasteiger partial charge in [-0.2, -0.15) is 4.63 Å². The van der Waals surface area contributed by atoms with Gasteiger partial charge in [-0.25, -0.2) is 9.67 Å². The molecule has 0 N–H and O–H groups in total. The molecule has 0 saturated heterocycles. The van der Waals surface area contributed by atoms with Crippen molar-refractivity contribution < 1.29 is 4.79 Å². The Kier molecular flexibility index (Phi) is 8.37. The highest BCUT2D eigenvalue weighted by Crippen LogP contribution is 2.43. The molecule has 5 aromatic carbocycles. The van der Waals surface area contributed by atoms with Gasteiger partial charge in [0, 0.05) is 17.5 Å². The van der Waals surface area contributed by atoms with Gasteiger partial charge in [0.1, 0.15) is 11.2 Å². The third-order valence-corrected chi connectivity index (χ3v) is 9.63. The number of tetrazole rings is 1. The van der Waals surface area contributed by atoms with E-state index < -0.39 is 5.54 Å². The molecule has 8 aromatic rings. The zero-order valence-corrected chi connectivity index (χ0v) is 28.5. The Morgan fingerprint density at radius 3 is 1.78 bits per heavy atom. The number of rotatable bonds is 11. The summed E-state index contributed by atoms with van der Waals surface area (Å²) < 4.78 is 5.66. The van der Waals surface area contributed by atoms with Crippen LogP contribution in [0.4, 0.5) is 0 Å². The summed E-state index contributed by atoms with van der Waals surface area (Å²) in [4.78, 5) is 17.0. The quantitative estimate of drug-likeness (QED) is 0.104. The van der Waals surface area contributed by atoms with Crippen LogP contribution in [0.1, 0.15) is 58.0 Å². The number of carbonyl (C=O) groups excluding carboxylic acids is 1. The van der Waals surface area contributed by atoms with E-state index >= 15 is 0 Å². The van der Waals surface area contributed by atoms with E-state index in [1.54, 1.807) is 4.63 Å². The minimum atomic E-state index is -0.867. The molecule has 9 nitrogen and oxygen atoms in total. The van der Waals surface area contributed by atoms with E-state index in [1.807, 2.05) is 53.5 Å². The van der Waals surface area contributed by atoms with Gasteiger partial charge in [0.25, 0.3) is 0 Å². The first-order valence-corrected chi connectivity index (χ1v) is 17.2. The van der Waals surface area contributed by atoms with E-state index in [2.05, 4.69) is 114 Å². The van der Waals surface area contributed by atoms with Gasteiger partial charge in [0.05, 0.1) is 6.54 Å². The van der Waals surface area contributed by atoms with Crippen LogP contribution in [0.25, 0.3) is 28.2 Å². The fraction of sp³-hybridized carbons (Fsp3) is 0.143. The number of aldehydes is 1. The molecule has 9 heteroatoms. The van der Waals surface area contributed by atoms with Crippen molar-refractivity contribution in [2.75, 3.05) is 0 Å². The first-order chi connectivity index (χ1) is 25.2. The van der Waals surface area contributed by atoms with Crippen LogP contribution < -0.4 is 0 Å². The van der Waals surface area contributed by atoms with Crippen molar-refractivity contribution >= 4 is 11.9 Å². The highest BCUT2D eigenvalue weighted by atomic mass is 16.1. The summed E-state index contributed by atoms with van der Waals surface area (Å²) in [5, 5.41) is 18.5. The molecule has 8 rings (SSSR count). The number of benzene rings is 5. The second kappa shape index (κ2) is 13.4. The number of hydrogen-bond acceptors (Lipinski definition) is 6. The van der Waals surface area contributed by atoms with Crippen molar-refractivity contribution in [2.24, 2.45) is 0 Å². The first kappa shape index (κ1) is 31.8. The lowest BCUT2D eigenvalue weighted by atomic mass is 9.77. The van der Waals surface area contributed by atoms with Crippen molar-refractivity contribution in [2.45, 2.75) is 38.8 Å². The smallest absolute Gasteiger partial charge is 0.184 e. The Morgan fingerprint density at radius 1 is 0.667 bits per heavy atom. The summed E-state index contributed by atoms with van der Waals surface area (Å²) in [6.45, 7) is 4.55. The van der Waals surface area contributed by atoms with Crippen molar-refractivity contribution in [1.82, 2.24) is 39.6 Å². The van der Waals surface area contributed by atoms with E-state index in [4.69, 9.17) is 20.4 Å². The van der Waals surface area contributed by atoms with Crippen LogP contribution in [0.3, 0.4) is 0 Å². The maximum Gasteiger partial charge on any atom is 0.184 e. The molecule has 0 aliphatic heterocycles. The van der Waals surface area contributed by atoms with Crippen LogP contribution in [0.2, 0.25) is 0 Å². The van der Waals surface area contributed by atoms with Crippen LogP contribution in [-0.4, -0.2) is 45.9 Å². The molecular weight excluding hydrogens is 633 g/mol. The summed E-state index contributed by atoms with van der Waals surface area (Å²) in [6, 6.07) is 47.9. The lowest BCUT2D eigenvalue weighted by molar-refractivity contribution is 0.111. The predicted octanol–water partition coefficient (Wildman–Crippen LogP) is 7.68. The van der Waals surface area contributed by atoms with Gasteiger partial charge in [-0.15, -0.1) is 10.2 Å². The molecule has 0 bridgehead atoms. The molecule has 0 spiro atoms. The van der Waals surface area contributed by atoms with Crippen molar-refractivity contribution in [3.8, 4) is 22.5 Å². The normalized spacial score (nSPS) is 11.6. The molecular formula is C42H36N8O. The molecule has 250 valence electrons. The maximum atomic E-state index is 12.3. The molecule has 3 heterocycles. The summed E-state index contributed by atoms with van der Waals surface area (Å²) in [5.74, 6) is 1.40. The molecule has 0 aliphatic rings. The Balaban J connectivity index is 1.24. The molecule has 0 unspecified atom stereocenters. The van der Waals surface area contributed by atoms with Crippen LogP contribution >= 0.6 is 0 Å². The number of aryl methyl sites for hydroxylation is 2. The van der Waals surface area contributed by atoms with Crippen LogP contribution in [0.5, 0.6) is 0 Å². The van der Waals surface area contributed by atoms with Crippen molar-refractivity contribution in [1.29, 1.82) is 0 Å². The molecule has 0 radical (unpaired) electrons. The predicted molar refractivity (Wildman–Crippen MR) is 198 cm³/mol. The number of fused-ring (bicyclic) bond motifs is 1. The topological polar surface area (TPSA) is 95.8 Å². The number of nitrogens with zero attached hydrogens (tertiary/aromatic N) is 8.